The van der Waals surface area contributed by atoms with Crippen molar-refractivity contribution >= 4 is 34.1 Å². The predicted octanol–water partition coefficient (Wildman–Crippen LogP) is 2.95. The van der Waals surface area contributed by atoms with Gasteiger partial charge in [-0.2, -0.15) is 15.2 Å². The van der Waals surface area contributed by atoms with E-state index in [1.54, 1.807) is 4.90 Å². The molecule has 1 aromatic heterocycles. The van der Waals surface area contributed by atoms with Crippen molar-refractivity contribution in [2.45, 2.75) is 51.2 Å². The highest BCUT2D eigenvalue weighted by Crippen LogP contribution is 2.36. The molecule has 4 heterocycles. The van der Waals surface area contributed by atoms with Crippen molar-refractivity contribution in [2.24, 2.45) is 5.73 Å². The maximum atomic E-state index is 12.9. The zero-order valence-corrected chi connectivity index (χ0v) is 26.0. The maximum absolute atomic E-state index is 12.9. The molecule has 11 nitrogen and oxygen atoms in total. The van der Waals surface area contributed by atoms with Crippen LogP contribution in [0.25, 0.3) is 10.8 Å². The lowest BCUT2D eigenvalue weighted by Crippen LogP contribution is -2.55. The molecule has 3 aliphatic rings. The largest absolute Gasteiger partial charge is 0.462 e. The van der Waals surface area contributed by atoms with Crippen LogP contribution in [0.3, 0.4) is 0 Å². The van der Waals surface area contributed by atoms with E-state index in [9.17, 15) is 14.9 Å². The third-order valence-corrected chi connectivity index (χ3v) is 9.31. The van der Waals surface area contributed by atoms with Gasteiger partial charge in [0.05, 0.1) is 30.8 Å². The first-order valence-corrected chi connectivity index (χ1v) is 15.7. The molecule has 45 heavy (non-hydrogen) atoms. The number of nitrogens with two attached hydrogens (primary N) is 1. The fourth-order valence-electron chi connectivity index (χ4n) is 6.92. The maximum Gasteiger partial charge on any atom is 0.318 e. The molecule has 11 heteroatoms. The Hall–Kier alpha value is -4.69. The van der Waals surface area contributed by atoms with Crippen LogP contribution in [0.4, 0.5) is 11.5 Å². The molecule has 3 aromatic rings. The first-order chi connectivity index (χ1) is 21.8. The molecule has 0 bridgehead atoms. The number of fused-ring (bicyclic) bond motifs is 2. The number of piperazine rings is 1. The van der Waals surface area contributed by atoms with Crippen LogP contribution < -0.4 is 20.3 Å². The molecule has 2 atom stereocenters. The molecule has 234 valence electrons. The van der Waals surface area contributed by atoms with E-state index in [4.69, 9.17) is 20.4 Å². The zero-order chi connectivity index (χ0) is 31.5. The van der Waals surface area contributed by atoms with E-state index in [0.29, 0.717) is 44.8 Å². The number of aryl methyl sites for hydroxylation is 1. The van der Waals surface area contributed by atoms with Crippen LogP contribution in [0, 0.1) is 18.3 Å². The topological polar surface area (TPSA) is 132 Å². The molecule has 2 N–H and O–H groups in total. The van der Waals surface area contributed by atoms with E-state index < -0.39 is 5.91 Å². The van der Waals surface area contributed by atoms with Gasteiger partial charge in [0, 0.05) is 61.0 Å². The van der Waals surface area contributed by atoms with Crippen molar-refractivity contribution < 1.29 is 14.3 Å². The number of carbonyl (C=O) groups is 2. The number of ether oxygens (including phenoxy) is 1. The molecule has 6 rings (SSSR count). The Balaban J connectivity index is 1.32. The Morgan fingerprint density at radius 1 is 1.07 bits per heavy atom. The smallest absolute Gasteiger partial charge is 0.318 e. The van der Waals surface area contributed by atoms with Crippen LogP contribution in [-0.4, -0.2) is 90.0 Å². The predicted molar refractivity (Wildman–Crippen MR) is 173 cm³/mol. The molecule has 0 aliphatic carbocycles. The van der Waals surface area contributed by atoms with E-state index in [1.165, 1.54) is 28.1 Å². The highest BCUT2D eigenvalue weighted by molar-refractivity contribution is 5.97. The second-order valence-electron chi connectivity index (χ2n) is 12.2. The van der Waals surface area contributed by atoms with E-state index in [-0.39, 0.29) is 18.4 Å². The van der Waals surface area contributed by atoms with Gasteiger partial charge in [0.15, 0.2) is 0 Å². The number of rotatable bonds is 8. The Kier molecular flexibility index (Phi) is 8.85. The molecule has 2 aromatic carbocycles. The minimum absolute atomic E-state index is 0.158. The van der Waals surface area contributed by atoms with E-state index >= 15 is 0 Å². The summed E-state index contributed by atoms with van der Waals surface area (Å²) in [6, 6.07) is 15.4. The Bertz CT molecular complexity index is 1660. The zero-order valence-electron chi connectivity index (χ0n) is 26.0. The molecule has 2 fully saturated rings. The second-order valence-corrected chi connectivity index (χ2v) is 12.2. The number of aromatic nitrogens is 2. The standard InChI is InChI=1S/C34H40N8O3/c1-23-6-3-7-24-8-4-10-29(32(23)24)40-17-14-27-28(21-40)37-34(45-22-26-9-5-16-39(26)2)38-33(27)41-18-19-42(25(20-41)13-15-35)31(44)12-11-30(36)43/h3-4,6-8,10-12,25-26H,5,9,13-14,16-22H2,1-2H3,(H2,36,43)/b12-11+. The first-order valence-electron chi connectivity index (χ1n) is 15.7. The molecular weight excluding hydrogens is 568 g/mol. The van der Waals surface area contributed by atoms with Crippen molar-refractivity contribution in [3.63, 3.8) is 0 Å². The number of amides is 2. The molecule has 3 aliphatic heterocycles. The van der Waals surface area contributed by atoms with Gasteiger partial charge in [-0.3, -0.25) is 9.59 Å². The number of likely N-dealkylation sites (N-methyl/N-ethyl adjacent to an activating group) is 1. The Labute approximate surface area is 263 Å². The lowest BCUT2D eigenvalue weighted by molar-refractivity contribution is -0.128. The minimum atomic E-state index is -0.685. The lowest BCUT2D eigenvalue weighted by Gasteiger charge is -2.42. The molecule has 2 saturated heterocycles. The number of nitrogens with zero attached hydrogens (tertiary/aromatic N) is 7. The normalized spacial score (nSPS) is 20.4. The summed E-state index contributed by atoms with van der Waals surface area (Å²) in [6.07, 6.45) is 5.39. The molecular formula is C34H40N8O3. The monoisotopic (exact) mass is 608 g/mol. The van der Waals surface area contributed by atoms with Crippen molar-refractivity contribution in [2.75, 3.05) is 56.2 Å². The van der Waals surface area contributed by atoms with E-state index in [0.717, 1.165) is 55.5 Å². The van der Waals surface area contributed by atoms with Crippen molar-refractivity contribution in [3.05, 3.63) is 65.4 Å². The molecule has 0 radical (unpaired) electrons. The number of primary amides is 1. The summed E-state index contributed by atoms with van der Waals surface area (Å²) in [5.74, 6) is -0.203. The number of benzene rings is 2. The lowest BCUT2D eigenvalue weighted by atomic mass is 9.99. The number of carbonyl (C=O) groups excluding carboxylic acids is 2. The van der Waals surface area contributed by atoms with Gasteiger partial charge in [-0.05, 0) is 56.8 Å². The van der Waals surface area contributed by atoms with Gasteiger partial charge >= 0.3 is 6.01 Å². The minimum Gasteiger partial charge on any atom is -0.462 e. The molecule has 2 amide bonds. The van der Waals surface area contributed by atoms with Gasteiger partial charge in [-0.25, -0.2) is 0 Å². The third kappa shape index (κ3) is 6.42. The number of hydrogen-bond acceptors (Lipinski definition) is 9. The van der Waals surface area contributed by atoms with E-state index in [2.05, 4.69) is 71.1 Å². The van der Waals surface area contributed by atoms with Gasteiger partial charge in [-0.15, -0.1) is 0 Å². The second kappa shape index (κ2) is 13.1. The summed E-state index contributed by atoms with van der Waals surface area (Å²) >= 11 is 0. The fourth-order valence-corrected chi connectivity index (χ4v) is 6.92. The SMILES string of the molecule is Cc1cccc2cccc(N3CCc4c(nc(OCC5CCCN5C)nc4N4CCN(C(=O)/C=C/C(N)=O)C(CC#N)C4)C3)c12. The average molecular weight is 609 g/mol. The highest BCUT2D eigenvalue weighted by atomic mass is 16.5. The van der Waals surface area contributed by atoms with Gasteiger partial charge < -0.3 is 30.1 Å². The molecule has 0 saturated carbocycles. The van der Waals surface area contributed by atoms with Crippen LogP contribution >= 0.6 is 0 Å². The summed E-state index contributed by atoms with van der Waals surface area (Å²) in [5, 5.41) is 12.1. The number of hydrogen-bond donors (Lipinski definition) is 1. The van der Waals surface area contributed by atoms with Crippen LogP contribution in [0.15, 0.2) is 48.6 Å². The summed E-state index contributed by atoms with van der Waals surface area (Å²) < 4.78 is 6.30. The molecule has 0 spiro atoms. The first kappa shape index (κ1) is 30.3. The number of likely N-dealkylation sites (tertiary alicyclic amines) is 1. The van der Waals surface area contributed by atoms with Gasteiger partial charge in [0.25, 0.3) is 0 Å². The highest BCUT2D eigenvalue weighted by Gasteiger charge is 2.34. The van der Waals surface area contributed by atoms with Crippen molar-refractivity contribution in [1.29, 1.82) is 5.26 Å². The quantitative estimate of drug-likeness (QED) is 0.384. The summed E-state index contributed by atoms with van der Waals surface area (Å²) in [5.41, 5.74) is 9.65. The van der Waals surface area contributed by atoms with Gasteiger partial charge in [0.1, 0.15) is 12.4 Å². The van der Waals surface area contributed by atoms with E-state index in [1.807, 2.05) is 0 Å². The van der Waals surface area contributed by atoms with Gasteiger partial charge in [-0.1, -0.05) is 30.3 Å². The Morgan fingerprint density at radius 3 is 2.64 bits per heavy atom. The number of anilines is 2. The third-order valence-electron chi connectivity index (χ3n) is 9.31. The van der Waals surface area contributed by atoms with Crippen molar-refractivity contribution in [3.8, 4) is 12.1 Å². The van der Waals surface area contributed by atoms with Crippen LogP contribution in [0.1, 0.15) is 36.1 Å². The van der Waals surface area contributed by atoms with Crippen LogP contribution in [0.5, 0.6) is 6.01 Å². The molecule has 2 unspecified atom stereocenters. The summed E-state index contributed by atoms with van der Waals surface area (Å²) in [6.45, 7) is 6.51. The van der Waals surface area contributed by atoms with Crippen LogP contribution in [-0.2, 0) is 22.6 Å². The Morgan fingerprint density at radius 2 is 1.89 bits per heavy atom. The summed E-state index contributed by atoms with van der Waals surface area (Å²) in [4.78, 5) is 42.6. The fraction of sp³-hybridized carbons (Fsp3) is 0.441. The van der Waals surface area contributed by atoms with Gasteiger partial charge in [0.2, 0.25) is 11.8 Å². The van der Waals surface area contributed by atoms with Crippen LogP contribution in [0.2, 0.25) is 0 Å². The average Bonchev–Trinajstić information content (AvgIpc) is 3.46. The summed E-state index contributed by atoms with van der Waals surface area (Å²) in [7, 11) is 2.12. The van der Waals surface area contributed by atoms with Crippen molar-refractivity contribution in [1.82, 2.24) is 19.8 Å². The number of nitriles is 1.